The minimum Gasteiger partial charge on any atom is -0.387 e. The molecule has 0 aromatic carbocycles. The van der Waals surface area contributed by atoms with E-state index in [0.717, 1.165) is 89.9 Å². The molecule has 0 aliphatic rings. The van der Waals surface area contributed by atoms with Gasteiger partial charge >= 0.3 is 7.82 Å². The molecule has 0 bridgehead atoms. The lowest BCUT2D eigenvalue weighted by atomic mass is 10.1. The normalized spacial score (nSPS) is 14.9. The zero-order valence-corrected chi connectivity index (χ0v) is 39.5. The Kier molecular flexibility index (Phi) is 44.5. The fourth-order valence-corrected chi connectivity index (χ4v) is 6.98. The van der Waals surface area contributed by atoms with Gasteiger partial charge in [-0.2, -0.15) is 0 Å². The van der Waals surface area contributed by atoms with Crippen molar-refractivity contribution in [1.29, 1.82) is 0 Å². The van der Waals surface area contributed by atoms with Crippen molar-refractivity contribution in [3.63, 3.8) is 0 Å². The highest BCUT2D eigenvalue weighted by molar-refractivity contribution is 7.47. The molecule has 0 aliphatic carbocycles. The molecule has 3 atom stereocenters. The van der Waals surface area contributed by atoms with Crippen molar-refractivity contribution < 1.29 is 28.4 Å². The molecule has 8 nitrogen and oxygen atoms in total. The number of nitrogens with one attached hydrogen (secondary N) is 1. The molecule has 348 valence electrons. The summed E-state index contributed by atoms with van der Waals surface area (Å²) in [5.74, 6) is -0.237. The third-order valence-electron chi connectivity index (χ3n) is 9.81. The van der Waals surface area contributed by atoms with Crippen LogP contribution in [0.2, 0.25) is 0 Å². The molecule has 5 N–H and O–H groups in total. The monoisotopic (exact) mass is 869 g/mol. The van der Waals surface area contributed by atoms with Gasteiger partial charge in [-0.3, -0.25) is 13.8 Å². The molecule has 0 aromatic rings. The maximum atomic E-state index is 12.8. The van der Waals surface area contributed by atoms with Gasteiger partial charge in [-0.25, -0.2) is 4.57 Å². The van der Waals surface area contributed by atoms with Gasteiger partial charge in [-0.15, -0.1) is 0 Å². The van der Waals surface area contributed by atoms with Gasteiger partial charge < -0.3 is 21.1 Å². The summed E-state index contributed by atoms with van der Waals surface area (Å²) in [5.41, 5.74) is 5.38. The van der Waals surface area contributed by atoms with E-state index in [1.54, 1.807) is 6.08 Å². The summed E-state index contributed by atoms with van der Waals surface area (Å²) in [4.78, 5) is 22.8. The number of allylic oxidation sites excluding steroid dienone is 17. The Morgan fingerprint density at radius 3 is 1.46 bits per heavy atom. The van der Waals surface area contributed by atoms with Crippen LogP contribution in [-0.2, 0) is 18.4 Å². The highest BCUT2D eigenvalue weighted by Crippen LogP contribution is 2.43. The van der Waals surface area contributed by atoms with Crippen LogP contribution in [0.4, 0.5) is 0 Å². The lowest BCUT2D eigenvalue weighted by Gasteiger charge is -2.23. The average molecular weight is 869 g/mol. The minimum atomic E-state index is -4.37. The van der Waals surface area contributed by atoms with E-state index in [9.17, 15) is 19.4 Å². The third-order valence-corrected chi connectivity index (χ3v) is 10.8. The minimum absolute atomic E-state index is 0.0609. The number of phosphoric acid groups is 1. The second-order valence-electron chi connectivity index (χ2n) is 15.6. The van der Waals surface area contributed by atoms with Gasteiger partial charge in [-0.1, -0.05) is 187 Å². The molecule has 61 heavy (non-hydrogen) atoms. The van der Waals surface area contributed by atoms with Crippen LogP contribution in [0.1, 0.15) is 181 Å². The van der Waals surface area contributed by atoms with Gasteiger partial charge in [0.1, 0.15) is 0 Å². The number of carbonyl (C=O) groups excluding carboxylic acids is 1. The van der Waals surface area contributed by atoms with E-state index in [4.69, 9.17) is 14.8 Å². The van der Waals surface area contributed by atoms with E-state index in [0.29, 0.717) is 12.8 Å². The molecule has 0 aromatic heterocycles. The maximum Gasteiger partial charge on any atom is 0.472 e. The van der Waals surface area contributed by atoms with Crippen molar-refractivity contribution in [2.24, 2.45) is 5.73 Å². The fourth-order valence-electron chi connectivity index (χ4n) is 6.22. The van der Waals surface area contributed by atoms with Crippen molar-refractivity contribution in [3.8, 4) is 0 Å². The van der Waals surface area contributed by atoms with Crippen molar-refractivity contribution in [2.45, 2.75) is 193 Å². The first-order valence-electron chi connectivity index (χ1n) is 24.0. The van der Waals surface area contributed by atoms with E-state index in [1.165, 1.54) is 64.2 Å². The number of nitrogens with two attached hydrogens (primary N) is 1. The lowest BCUT2D eigenvalue weighted by molar-refractivity contribution is -0.123. The molecule has 0 saturated heterocycles. The molecular weight excluding hydrogens is 780 g/mol. The topological polar surface area (TPSA) is 131 Å². The first-order valence-corrected chi connectivity index (χ1v) is 25.5. The van der Waals surface area contributed by atoms with Crippen LogP contribution in [0.25, 0.3) is 0 Å². The van der Waals surface area contributed by atoms with E-state index in [2.05, 4.69) is 116 Å². The average Bonchev–Trinajstić information content (AvgIpc) is 3.25. The van der Waals surface area contributed by atoms with Gasteiger partial charge in [0, 0.05) is 13.0 Å². The molecular formula is C52H89N2O6P. The zero-order valence-electron chi connectivity index (χ0n) is 38.6. The Bertz CT molecular complexity index is 1310. The molecule has 1 amide bonds. The van der Waals surface area contributed by atoms with E-state index >= 15 is 0 Å². The molecule has 0 aliphatic heterocycles. The van der Waals surface area contributed by atoms with Crippen LogP contribution < -0.4 is 11.1 Å². The molecule has 0 saturated carbocycles. The van der Waals surface area contributed by atoms with Crippen LogP contribution in [0.15, 0.2) is 109 Å². The molecule has 3 unspecified atom stereocenters. The standard InChI is InChI=1S/C52H89N2O6P/c1-3-5-7-9-11-13-15-17-19-21-23-24-25-26-28-30-32-34-36-38-40-42-44-46-52(56)54-50(49-60-61(57,58)59-48-47-53)51(55)45-43-41-39-37-35-33-31-29-27-22-20-18-16-14-12-10-8-6-4-2/h5,7,11,13,17,19,23-24,26-29,32,34-35,37,43,45,50-51,55H,3-4,6,8-10,12,14-16,18,20-22,25,30-31,33,36,38-42,44,46-49,53H2,1-2H3,(H,54,56)(H,57,58)/b7-5-,13-11-,19-17-,24-23-,28-26-,29-27+,34-32-,37-35+,45-43+. The van der Waals surface area contributed by atoms with Crippen molar-refractivity contribution >= 4 is 13.7 Å². The summed E-state index contributed by atoms with van der Waals surface area (Å²) >= 11 is 0. The molecule has 0 radical (unpaired) electrons. The van der Waals surface area contributed by atoms with Crippen molar-refractivity contribution in [1.82, 2.24) is 5.32 Å². The van der Waals surface area contributed by atoms with E-state index in [1.807, 2.05) is 6.08 Å². The van der Waals surface area contributed by atoms with Crippen LogP contribution in [-0.4, -0.2) is 47.8 Å². The summed E-state index contributed by atoms with van der Waals surface area (Å²) in [6.07, 6.45) is 65.7. The summed E-state index contributed by atoms with van der Waals surface area (Å²) in [6.45, 7) is 3.95. The first kappa shape index (κ1) is 58.2. The quantitative estimate of drug-likeness (QED) is 0.0273. The van der Waals surface area contributed by atoms with E-state index in [-0.39, 0.29) is 25.7 Å². The van der Waals surface area contributed by atoms with E-state index < -0.39 is 20.0 Å². The Labute approximate surface area is 374 Å². The number of carbonyl (C=O) groups is 1. The Morgan fingerprint density at radius 2 is 0.967 bits per heavy atom. The summed E-state index contributed by atoms with van der Waals surface area (Å²) < 4.78 is 22.2. The third kappa shape index (κ3) is 45.0. The predicted molar refractivity (Wildman–Crippen MR) is 262 cm³/mol. The second kappa shape index (κ2) is 46.7. The van der Waals surface area contributed by atoms with Gasteiger partial charge in [0.05, 0.1) is 25.4 Å². The second-order valence-corrected chi connectivity index (χ2v) is 17.0. The Balaban J connectivity index is 4.32. The maximum absolute atomic E-state index is 12.8. The molecule has 0 fully saturated rings. The molecule has 9 heteroatoms. The van der Waals surface area contributed by atoms with Crippen molar-refractivity contribution in [3.05, 3.63) is 109 Å². The van der Waals surface area contributed by atoms with Gasteiger partial charge in [0.25, 0.3) is 0 Å². The predicted octanol–water partition coefficient (Wildman–Crippen LogP) is 14.1. The van der Waals surface area contributed by atoms with Gasteiger partial charge in [-0.05, 0) is 96.3 Å². The van der Waals surface area contributed by atoms with Crippen LogP contribution in [0.3, 0.4) is 0 Å². The number of hydrogen-bond acceptors (Lipinski definition) is 6. The summed E-state index contributed by atoms with van der Waals surface area (Å²) in [7, 11) is -4.37. The Morgan fingerprint density at radius 1 is 0.557 bits per heavy atom. The van der Waals surface area contributed by atoms with Gasteiger partial charge in [0.15, 0.2) is 0 Å². The number of hydrogen-bond donors (Lipinski definition) is 4. The number of aliphatic hydroxyl groups is 1. The van der Waals surface area contributed by atoms with Crippen molar-refractivity contribution in [2.75, 3.05) is 19.8 Å². The lowest BCUT2D eigenvalue weighted by Crippen LogP contribution is -2.45. The fraction of sp³-hybridized carbons (Fsp3) is 0.635. The summed E-state index contributed by atoms with van der Waals surface area (Å²) in [5, 5.41) is 13.7. The Hall–Kier alpha value is -2.84. The smallest absolute Gasteiger partial charge is 0.387 e. The summed E-state index contributed by atoms with van der Waals surface area (Å²) in [6, 6.07) is -0.906. The molecule has 0 spiro atoms. The number of phosphoric ester groups is 1. The SMILES string of the molecule is CC/C=C\C/C=C\C/C=C\C/C=C\C/C=C\C/C=C\CCCCCCC(=O)NC(COP(=O)(O)OCCN)C(O)/C=C/CC/C=C/CC/C=C/CCCCCCCCCCC. The van der Waals surface area contributed by atoms with Crippen LogP contribution >= 0.6 is 7.82 Å². The van der Waals surface area contributed by atoms with Gasteiger partial charge in [0.2, 0.25) is 5.91 Å². The number of unbranched alkanes of at least 4 members (excludes halogenated alkanes) is 15. The molecule has 0 heterocycles. The largest absolute Gasteiger partial charge is 0.472 e. The van der Waals surface area contributed by atoms with Crippen LogP contribution in [0, 0.1) is 0 Å². The number of rotatable bonds is 43. The first-order chi connectivity index (χ1) is 29.9. The number of aliphatic hydroxyl groups excluding tert-OH is 1. The van der Waals surface area contributed by atoms with Crippen LogP contribution in [0.5, 0.6) is 0 Å². The highest BCUT2D eigenvalue weighted by atomic mass is 31.2. The number of amides is 1. The molecule has 0 rings (SSSR count). The zero-order chi connectivity index (χ0) is 44.6. The highest BCUT2D eigenvalue weighted by Gasteiger charge is 2.26.